The van der Waals surface area contributed by atoms with Crippen LogP contribution in [0.1, 0.15) is 12.5 Å². The van der Waals surface area contributed by atoms with Gasteiger partial charge in [0, 0.05) is 38.1 Å². The van der Waals surface area contributed by atoms with Gasteiger partial charge in [-0.3, -0.25) is 14.4 Å². The third-order valence-corrected chi connectivity index (χ3v) is 3.98. The van der Waals surface area contributed by atoms with Crippen molar-refractivity contribution in [2.75, 3.05) is 31.5 Å². The van der Waals surface area contributed by atoms with E-state index in [0.717, 1.165) is 6.07 Å². The van der Waals surface area contributed by atoms with Gasteiger partial charge in [-0.05, 0) is 18.2 Å². The smallest absolute Gasteiger partial charge is 0.339 e. The lowest BCUT2D eigenvalue weighted by Gasteiger charge is -2.33. The predicted molar refractivity (Wildman–Crippen MR) is 83.9 cm³/mol. The molecule has 6 nitrogen and oxygen atoms in total. The highest BCUT2D eigenvalue weighted by atomic mass is 35.5. The molecule has 0 bridgehead atoms. The molecule has 1 aliphatic rings. The number of hydrogen-bond acceptors (Lipinski definition) is 3. The molecular weight excluding hydrogens is 363 g/mol. The lowest BCUT2D eigenvalue weighted by Crippen LogP contribution is -2.52. The summed E-state index contributed by atoms with van der Waals surface area (Å²) in [6.45, 7) is 2.20. The van der Waals surface area contributed by atoms with Crippen LogP contribution in [0.2, 0.25) is 5.02 Å². The summed E-state index contributed by atoms with van der Waals surface area (Å²) in [6.07, 6.45) is -4.73. The van der Waals surface area contributed by atoms with Crippen molar-refractivity contribution in [3.8, 4) is 0 Å². The molecule has 1 N–H and O–H groups in total. The Kier molecular flexibility index (Phi) is 5.56. The summed E-state index contributed by atoms with van der Waals surface area (Å²) in [5.74, 6) is -2.28. The van der Waals surface area contributed by atoms with E-state index in [9.17, 15) is 27.6 Å². The maximum atomic E-state index is 13.0. The second kappa shape index (κ2) is 7.30. The third-order valence-electron chi connectivity index (χ3n) is 3.74. The number of piperazine rings is 1. The molecule has 3 amide bonds. The summed E-state index contributed by atoms with van der Waals surface area (Å²) in [7, 11) is 0. The summed E-state index contributed by atoms with van der Waals surface area (Å²) in [4.78, 5) is 38.1. The van der Waals surface area contributed by atoms with E-state index in [1.54, 1.807) is 0 Å². The fraction of sp³-hybridized carbons (Fsp3) is 0.400. The van der Waals surface area contributed by atoms with Crippen molar-refractivity contribution in [1.29, 1.82) is 0 Å². The van der Waals surface area contributed by atoms with Gasteiger partial charge in [-0.25, -0.2) is 0 Å². The molecule has 0 radical (unpaired) electrons. The topological polar surface area (TPSA) is 69.7 Å². The number of rotatable bonds is 1. The molecule has 25 heavy (non-hydrogen) atoms. The number of halogens is 4. The summed E-state index contributed by atoms with van der Waals surface area (Å²) in [5, 5.41) is 1.84. The van der Waals surface area contributed by atoms with E-state index in [4.69, 9.17) is 11.6 Å². The first kappa shape index (κ1) is 19.0. The number of nitrogens with one attached hydrogen (secondary N) is 1. The molecule has 0 spiro atoms. The summed E-state index contributed by atoms with van der Waals surface area (Å²) in [5.41, 5.74) is -1.68. The second-order valence-corrected chi connectivity index (χ2v) is 5.88. The largest absolute Gasteiger partial charge is 0.418 e. The monoisotopic (exact) mass is 377 g/mol. The Bertz CT molecular complexity index is 701. The minimum Gasteiger partial charge on any atom is -0.339 e. The van der Waals surface area contributed by atoms with E-state index >= 15 is 0 Å². The van der Waals surface area contributed by atoms with Crippen molar-refractivity contribution in [1.82, 2.24) is 9.80 Å². The van der Waals surface area contributed by atoms with Gasteiger partial charge in [0.15, 0.2) is 0 Å². The van der Waals surface area contributed by atoms with Crippen molar-refractivity contribution in [3.05, 3.63) is 28.8 Å². The van der Waals surface area contributed by atoms with Crippen LogP contribution >= 0.6 is 11.6 Å². The van der Waals surface area contributed by atoms with Gasteiger partial charge in [0.1, 0.15) is 0 Å². The van der Waals surface area contributed by atoms with Gasteiger partial charge in [-0.2, -0.15) is 13.2 Å². The molecule has 1 heterocycles. The molecule has 0 aliphatic carbocycles. The Morgan fingerprint density at radius 1 is 1.08 bits per heavy atom. The maximum absolute atomic E-state index is 13.0. The lowest BCUT2D eigenvalue weighted by molar-refractivity contribution is -0.146. The van der Waals surface area contributed by atoms with Crippen molar-refractivity contribution in [3.63, 3.8) is 0 Å². The quantitative estimate of drug-likeness (QED) is 0.761. The first-order chi connectivity index (χ1) is 11.6. The van der Waals surface area contributed by atoms with Crippen LogP contribution < -0.4 is 5.32 Å². The number of carbonyl (C=O) groups is 3. The highest BCUT2D eigenvalue weighted by Gasteiger charge is 2.35. The van der Waals surface area contributed by atoms with Gasteiger partial charge in [-0.15, -0.1) is 0 Å². The van der Waals surface area contributed by atoms with Crippen molar-refractivity contribution in [2.45, 2.75) is 13.1 Å². The zero-order valence-corrected chi connectivity index (χ0v) is 13.9. The minimum absolute atomic E-state index is 0.137. The Hall–Kier alpha value is -2.29. The normalized spacial score (nSPS) is 15.1. The molecule has 1 aromatic rings. The lowest BCUT2D eigenvalue weighted by atomic mass is 10.1. The molecule has 0 aromatic heterocycles. The highest BCUT2D eigenvalue weighted by Crippen LogP contribution is 2.36. The van der Waals surface area contributed by atoms with Gasteiger partial charge >= 0.3 is 18.0 Å². The molecule has 2 rings (SSSR count). The van der Waals surface area contributed by atoms with Crippen molar-refractivity contribution in [2.24, 2.45) is 0 Å². The van der Waals surface area contributed by atoms with Crippen LogP contribution in [0.5, 0.6) is 0 Å². The molecule has 10 heteroatoms. The van der Waals surface area contributed by atoms with Crippen LogP contribution in [-0.2, 0) is 20.6 Å². The van der Waals surface area contributed by atoms with Gasteiger partial charge in [0.05, 0.1) is 11.3 Å². The first-order valence-electron chi connectivity index (χ1n) is 7.32. The number of anilines is 1. The molecule has 1 saturated heterocycles. The summed E-state index contributed by atoms with van der Waals surface area (Å²) < 4.78 is 39.0. The predicted octanol–water partition coefficient (Wildman–Crippen LogP) is 1.99. The standard InChI is InChI=1S/C15H15ClF3N3O3/c1-9(23)21-4-6-22(7-5-21)14(25)13(24)20-12-3-2-10(16)8-11(12)15(17,18)19/h2-3,8H,4-7H2,1H3,(H,20,24). The van der Waals surface area contributed by atoms with Gasteiger partial charge in [-0.1, -0.05) is 11.6 Å². The van der Waals surface area contributed by atoms with Gasteiger partial charge < -0.3 is 15.1 Å². The van der Waals surface area contributed by atoms with Crippen LogP contribution in [0.15, 0.2) is 18.2 Å². The van der Waals surface area contributed by atoms with Crippen LogP contribution in [0.4, 0.5) is 18.9 Å². The number of carbonyl (C=O) groups excluding carboxylic acids is 3. The van der Waals surface area contributed by atoms with Crippen LogP contribution in [0.25, 0.3) is 0 Å². The number of alkyl halides is 3. The average molecular weight is 378 g/mol. The highest BCUT2D eigenvalue weighted by molar-refractivity contribution is 6.39. The van der Waals surface area contributed by atoms with E-state index in [2.05, 4.69) is 0 Å². The molecule has 136 valence electrons. The first-order valence-corrected chi connectivity index (χ1v) is 7.70. The van der Waals surface area contributed by atoms with Crippen molar-refractivity contribution >= 4 is 35.0 Å². The fourth-order valence-corrected chi connectivity index (χ4v) is 2.58. The number of amides is 3. The SMILES string of the molecule is CC(=O)N1CCN(C(=O)C(=O)Nc2ccc(Cl)cc2C(F)(F)F)CC1. The van der Waals surface area contributed by atoms with Gasteiger partial charge in [0.2, 0.25) is 5.91 Å². The van der Waals surface area contributed by atoms with E-state index in [1.807, 2.05) is 5.32 Å². The van der Waals surface area contributed by atoms with E-state index in [-0.39, 0.29) is 37.1 Å². The Morgan fingerprint density at radius 3 is 2.16 bits per heavy atom. The summed E-state index contributed by atoms with van der Waals surface area (Å²) in [6, 6.07) is 2.85. The fourth-order valence-electron chi connectivity index (χ4n) is 2.40. The molecule has 0 unspecified atom stereocenters. The zero-order chi connectivity index (χ0) is 18.8. The third kappa shape index (κ3) is 4.62. The molecule has 1 fully saturated rings. The van der Waals surface area contributed by atoms with Crippen LogP contribution in [-0.4, -0.2) is 53.7 Å². The molecular formula is C15H15ClF3N3O3. The van der Waals surface area contributed by atoms with E-state index in [0.29, 0.717) is 6.07 Å². The van der Waals surface area contributed by atoms with E-state index in [1.165, 1.54) is 22.8 Å². The van der Waals surface area contributed by atoms with Crippen molar-refractivity contribution < 1.29 is 27.6 Å². The van der Waals surface area contributed by atoms with Crippen LogP contribution in [0, 0.1) is 0 Å². The Labute approximate surface area is 146 Å². The minimum atomic E-state index is -4.73. The van der Waals surface area contributed by atoms with Gasteiger partial charge in [0.25, 0.3) is 0 Å². The maximum Gasteiger partial charge on any atom is 0.418 e. The number of benzene rings is 1. The molecule has 1 aliphatic heterocycles. The number of nitrogens with zero attached hydrogens (tertiary/aromatic N) is 2. The zero-order valence-electron chi connectivity index (χ0n) is 13.2. The summed E-state index contributed by atoms with van der Waals surface area (Å²) >= 11 is 5.56. The van der Waals surface area contributed by atoms with Crippen LogP contribution in [0.3, 0.4) is 0 Å². The average Bonchev–Trinajstić information content (AvgIpc) is 2.54. The molecule has 1 aromatic carbocycles. The number of hydrogen-bond donors (Lipinski definition) is 1. The van der Waals surface area contributed by atoms with E-state index < -0.39 is 29.2 Å². The molecule has 0 atom stereocenters. The second-order valence-electron chi connectivity index (χ2n) is 5.44. The Morgan fingerprint density at radius 2 is 1.64 bits per heavy atom. The Balaban J connectivity index is 2.08. The molecule has 0 saturated carbocycles.